The van der Waals surface area contributed by atoms with Gasteiger partial charge in [0.05, 0.1) is 0 Å². The van der Waals surface area contributed by atoms with Crippen LogP contribution in [-0.2, 0) is 0 Å². The summed E-state index contributed by atoms with van der Waals surface area (Å²) in [5.41, 5.74) is 0. The van der Waals surface area contributed by atoms with Crippen molar-refractivity contribution in [3.63, 3.8) is 0 Å². The first kappa shape index (κ1) is 5.30. The maximum Gasteiger partial charge on any atom is 0.214 e. The van der Waals surface area contributed by atoms with Crippen LogP contribution in [0.3, 0.4) is 0 Å². The first-order valence-corrected chi connectivity index (χ1v) is 2.51. The summed E-state index contributed by atoms with van der Waals surface area (Å²) >= 11 is 4.69. The molecule has 0 aliphatic carbocycles. The first-order valence-electron chi connectivity index (χ1n) is 2.11. The smallest absolute Gasteiger partial charge is 0.214 e. The minimum atomic E-state index is 0.447. The van der Waals surface area contributed by atoms with E-state index in [1.807, 2.05) is 0 Å². The summed E-state index contributed by atoms with van der Waals surface area (Å²) in [6.07, 6.45) is 0. The molecule has 44 valence electrons. The molecular weight excluding hydrogens is 124 g/mol. The zero-order chi connectivity index (χ0) is 6.15. The summed E-state index contributed by atoms with van der Waals surface area (Å²) in [5, 5.41) is 6.26. The number of nitrogens with two attached hydrogens (primary N) is 1. The van der Waals surface area contributed by atoms with Crippen molar-refractivity contribution < 1.29 is 0 Å². The molecule has 0 radical (unpaired) electrons. The van der Waals surface area contributed by atoms with Gasteiger partial charge in [0.1, 0.15) is 5.82 Å². The van der Waals surface area contributed by atoms with Crippen LogP contribution in [0.4, 0.5) is 0 Å². The van der Waals surface area contributed by atoms with Gasteiger partial charge in [-0.2, -0.15) is 5.10 Å². The van der Waals surface area contributed by atoms with E-state index in [0.29, 0.717) is 10.6 Å². The van der Waals surface area contributed by atoms with Crippen LogP contribution >= 0.6 is 12.2 Å². The SMILES string of the molecule is Cc1n[nH]c(=S)n1N. The fourth-order valence-electron chi connectivity index (χ4n) is 0.383. The minimum absolute atomic E-state index is 0.447. The van der Waals surface area contributed by atoms with E-state index in [2.05, 4.69) is 10.2 Å². The van der Waals surface area contributed by atoms with E-state index in [1.54, 1.807) is 6.92 Å². The Bertz CT molecular complexity index is 234. The van der Waals surface area contributed by atoms with Crippen molar-refractivity contribution in [3.8, 4) is 0 Å². The van der Waals surface area contributed by atoms with Gasteiger partial charge in [-0.3, -0.25) is 5.10 Å². The molecule has 8 heavy (non-hydrogen) atoms. The van der Waals surface area contributed by atoms with E-state index in [9.17, 15) is 0 Å². The standard InChI is InChI=1S/C3H6N4S/c1-2-5-6-3(8)7(2)4/h4H2,1H3,(H,6,8). The summed E-state index contributed by atoms with van der Waals surface area (Å²) in [6.45, 7) is 1.77. The van der Waals surface area contributed by atoms with Crippen LogP contribution in [0.2, 0.25) is 0 Å². The molecule has 4 nitrogen and oxygen atoms in total. The fourth-order valence-corrected chi connectivity index (χ4v) is 0.561. The Kier molecular flexibility index (Phi) is 1.05. The average molecular weight is 130 g/mol. The number of nitrogen functional groups attached to an aromatic ring is 1. The highest BCUT2D eigenvalue weighted by atomic mass is 32.1. The Morgan fingerprint density at radius 2 is 2.50 bits per heavy atom. The lowest BCUT2D eigenvalue weighted by Gasteiger charge is -1.86. The van der Waals surface area contributed by atoms with Crippen molar-refractivity contribution in [2.45, 2.75) is 6.92 Å². The number of hydrogen-bond donors (Lipinski definition) is 2. The van der Waals surface area contributed by atoms with Gasteiger partial charge >= 0.3 is 0 Å². The number of aromatic amines is 1. The van der Waals surface area contributed by atoms with Gasteiger partial charge in [0.25, 0.3) is 0 Å². The van der Waals surface area contributed by atoms with Crippen molar-refractivity contribution in [1.82, 2.24) is 14.9 Å². The van der Waals surface area contributed by atoms with E-state index in [4.69, 9.17) is 18.1 Å². The van der Waals surface area contributed by atoms with E-state index in [1.165, 1.54) is 4.68 Å². The van der Waals surface area contributed by atoms with Crippen LogP contribution in [0, 0.1) is 11.7 Å². The zero-order valence-corrected chi connectivity index (χ0v) is 5.20. The molecule has 0 saturated carbocycles. The normalized spacial score (nSPS) is 9.62. The quantitative estimate of drug-likeness (QED) is 0.383. The molecular formula is C3H6N4S. The zero-order valence-electron chi connectivity index (χ0n) is 4.38. The molecule has 0 fully saturated rings. The molecule has 1 heterocycles. The molecule has 1 rings (SSSR count). The lowest BCUT2D eigenvalue weighted by atomic mass is 10.7. The summed E-state index contributed by atoms with van der Waals surface area (Å²) in [4.78, 5) is 0. The molecule has 1 aromatic rings. The molecule has 0 spiro atoms. The van der Waals surface area contributed by atoms with Gasteiger partial charge in [0, 0.05) is 0 Å². The Morgan fingerprint density at radius 1 is 1.88 bits per heavy atom. The van der Waals surface area contributed by atoms with Crippen LogP contribution in [0.1, 0.15) is 5.82 Å². The molecule has 0 aliphatic heterocycles. The van der Waals surface area contributed by atoms with E-state index in [0.717, 1.165) is 0 Å². The van der Waals surface area contributed by atoms with Gasteiger partial charge < -0.3 is 5.84 Å². The molecule has 1 aromatic heterocycles. The minimum Gasteiger partial charge on any atom is -0.335 e. The molecule has 0 bridgehead atoms. The van der Waals surface area contributed by atoms with E-state index >= 15 is 0 Å². The second-order valence-corrected chi connectivity index (χ2v) is 1.83. The highest BCUT2D eigenvalue weighted by Crippen LogP contribution is 1.85. The number of rotatable bonds is 0. The molecule has 0 amide bonds. The third-order valence-corrected chi connectivity index (χ3v) is 1.17. The lowest BCUT2D eigenvalue weighted by Crippen LogP contribution is -2.09. The van der Waals surface area contributed by atoms with E-state index < -0.39 is 0 Å². The van der Waals surface area contributed by atoms with Crippen LogP contribution in [0.25, 0.3) is 0 Å². The molecule has 0 aliphatic rings. The van der Waals surface area contributed by atoms with Crippen molar-refractivity contribution in [2.24, 2.45) is 0 Å². The van der Waals surface area contributed by atoms with Gasteiger partial charge in [-0.25, -0.2) is 4.68 Å². The summed E-state index contributed by atoms with van der Waals surface area (Å²) < 4.78 is 1.76. The largest absolute Gasteiger partial charge is 0.335 e. The molecule has 0 atom stereocenters. The number of hydrogen-bond acceptors (Lipinski definition) is 3. The maximum atomic E-state index is 5.32. The van der Waals surface area contributed by atoms with Gasteiger partial charge in [0.15, 0.2) is 0 Å². The first-order chi connectivity index (χ1) is 3.72. The predicted octanol–water partition coefficient (Wildman–Crippen LogP) is -0.0371. The average Bonchev–Trinajstić information content (AvgIpc) is 1.98. The Labute approximate surface area is 51.3 Å². The Balaban J connectivity index is 3.41. The van der Waals surface area contributed by atoms with Crippen LogP contribution in [0.15, 0.2) is 0 Å². The Morgan fingerprint density at radius 3 is 2.62 bits per heavy atom. The predicted molar refractivity (Wildman–Crippen MR) is 32.3 cm³/mol. The summed E-state index contributed by atoms with van der Waals surface area (Å²) in [6, 6.07) is 0. The van der Waals surface area contributed by atoms with Crippen molar-refractivity contribution in [3.05, 3.63) is 10.6 Å². The van der Waals surface area contributed by atoms with Crippen LogP contribution in [-0.4, -0.2) is 14.9 Å². The topological polar surface area (TPSA) is 59.6 Å². The summed E-state index contributed by atoms with van der Waals surface area (Å²) in [5.74, 6) is 6.01. The second-order valence-electron chi connectivity index (χ2n) is 1.45. The monoisotopic (exact) mass is 130 g/mol. The highest BCUT2D eigenvalue weighted by molar-refractivity contribution is 7.71. The number of H-pyrrole nitrogens is 1. The molecule has 0 saturated heterocycles. The Hall–Kier alpha value is -0.840. The number of nitrogens with zero attached hydrogens (tertiary/aromatic N) is 2. The molecule has 3 N–H and O–H groups in total. The third-order valence-electron chi connectivity index (χ3n) is 0.881. The number of nitrogens with one attached hydrogen (secondary N) is 1. The second kappa shape index (κ2) is 1.59. The maximum absolute atomic E-state index is 5.32. The van der Waals surface area contributed by atoms with Gasteiger partial charge in [0.2, 0.25) is 4.77 Å². The van der Waals surface area contributed by atoms with Crippen molar-refractivity contribution in [1.29, 1.82) is 0 Å². The third kappa shape index (κ3) is 0.604. The lowest BCUT2D eigenvalue weighted by molar-refractivity contribution is 0.917. The van der Waals surface area contributed by atoms with Crippen LogP contribution < -0.4 is 5.84 Å². The summed E-state index contributed by atoms with van der Waals surface area (Å²) in [7, 11) is 0. The molecule has 5 heteroatoms. The number of aromatic nitrogens is 3. The van der Waals surface area contributed by atoms with Gasteiger partial charge in [-0.15, -0.1) is 0 Å². The van der Waals surface area contributed by atoms with Gasteiger partial charge in [-0.05, 0) is 19.1 Å². The van der Waals surface area contributed by atoms with Crippen LogP contribution in [0.5, 0.6) is 0 Å². The fraction of sp³-hybridized carbons (Fsp3) is 0.333. The van der Waals surface area contributed by atoms with Gasteiger partial charge in [-0.1, -0.05) is 0 Å². The van der Waals surface area contributed by atoms with Crippen molar-refractivity contribution in [2.75, 3.05) is 5.84 Å². The molecule has 0 aromatic carbocycles. The number of aryl methyl sites for hydroxylation is 1. The molecule has 0 unspecified atom stereocenters. The highest BCUT2D eigenvalue weighted by Gasteiger charge is 1.90. The van der Waals surface area contributed by atoms with E-state index in [-0.39, 0.29) is 0 Å². The van der Waals surface area contributed by atoms with Crippen molar-refractivity contribution >= 4 is 12.2 Å².